The Labute approximate surface area is 140 Å². The fraction of sp³-hybridized carbons (Fsp3) is 0.316. The average molecular weight is 329 g/mol. The summed E-state index contributed by atoms with van der Waals surface area (Å²) < 4.78 is 24.3. The molecule has 126 valence electrons. The van der Waals surface area contributed by atoms with E-state index < -0.39 is 0 Å². The van der Waals surface area contributed by atoms with Crippen LogP contribution in [0.2, 0.25) is 0 Å². The smallest absolute Gasteiger partial charge is 0.228 e. The van der Waals surface area contributed by atoms with Crippen LogP contribution in [0.4, 0.5) is 10.1 Å². The van der Waals surface area contributed by atoms with Gasteiger partial charge in [0.25, 0.3) is 0 Å². The molecule has 0 aliphatic heterocycles. The molecule has 0 heterocycles. The summed E-state index contributed by atoms with van der Waals surface area (Å²) in [4.78, 5) is 12.5. The summed E-state index contributed by atoms with van der Waals surface area (Å²) in [5.41, 5.74) is 2.17. The van der Waals surface area contributed by atoms with Crippen LogP contribution in [0.3, 0.4) is 0 Å². The van der Waals surface area contributed by atoms with Crippen molar-refractivity contribution in [1.82, 2.24) is 0 Å². The molecule has 1 aliphatic rings. The lowest BCUT2D eigenvalue weighted by Gasteiger charge is -2.13. The lowest BCUT2D eigenvalue weighted by atomic mass is 10.1. The van der Waals surface area contributed by atoms with Crippen LogP contribution in [0, 0.1) is 18.7 Å². The molecule has 2 unspecified atom stereocenters. The van der Waals surface area contributed by atoms with Gasteiger partial charge in [-0.3, -0.25) is 4.79 Å². The molecule has 1 N–H and O–H groups in total. The zero-order valence-corrected chi connectivity index (χ0v) is 13.9. The predicted molar refractivity (Wildman–Crippen MR) is 90.2 cm³/mol. The second-order valence-electron chi connectivity index (χ2n) is 5.98. The van der Waals surface area contributed by atoms with E-state index in [0.717, 1.165) is 5.56 Å². The van der Waals surface area contributed by atoms with Crippen LogP contribution < -0.4 is 14.8 Å². The number of nitrogens with one attached hydrogen (secondary N) is 1. The van der Waals surface area contributed by atoms with Gasteiger partial charge in [-0.2, -0.15) is 0 Å². The molecule has 5 heteroatoms. The molecule has 2 atom stereocenters. The first kappa shape index (κ1) is 16.3. The monoisotopic (exact) mass is 329 g/mol. The number of aryl methyl sites for hydroxylation is 1. The minimum absolute atomic E-state index is 0.0494. The van der Waals surface area contributed by atoms with Gasteiger partial charge < -0.3 is 14.8 Å². The van der Waals surface area contributed by atoms with Crippen LogP contribution in [-0.2, 0) is 4.79 Å². The van der Waals surface area contributed by atoms with E-state index in [0.29, 0.717) is 29.2 Å². The number of carbonyl (C=O) groups excluding carboxylic acids is 1. The van der Waals surface area contributed by atoms with Crippen LogP contribution in [-0.4, -0.2) is 20.1 Å². The molecule has 0 radical (unpaired) electrons. The molecule has 0 aromatic heterocycles. The Kier molecular flexibility index (Phi) is 4.42. The van der Waals surface area contributed by atoms with Gasteiger partial charge in [0, 0.05) is 17.7 Å². The number of carbonyl (C=O) groups is 1. The molecule has 4 nitrogen and oxygen atoms in total. The van der Waals surface area contributed by atoms with Crippen LogP contribution in [0.25, 0.3) is 0 Å². The summed E-state index contributed by atoms with van der Waals surface area (Å²) in [6.45, 7) is 1.89. The quantitative estimate of drug-likeness (QED) is 0.905. The van der Waals surface area contributed by atoms with Crippen LogP contribution in [0.1, 0.15) is 23.5 Å². The van der Waals surface area contributed by atoms with E-state index in [2.05, 4.69) is 5.32 Å². The van der Waals surface area contributed by atoms with E-state index in [4.69, 9.17) is 9.47 Å². The molecule has 1 saturated carbocycles. The number of hydrogen-bond acceptors (Lipinski definition) is 3. The Morgan fingerprint density at radius 3 is 2.50 bits per heavy atom. The summed E-state index contributed by atoms with van der Waals surface area (Å²) in [6, 6.07) is 10.2. The first-order valence-electron chi connectivity index (χ1n) is 7.83. The molecule has 2 aromatic carbocycles. The SMILES string of the molecule is COc1cc(C)c(NC(=O)C2CC2c2ccccc2F)cc1OC. The van der Waals surface area contributed by atoms with E-state index in [1.54, 1.807) is 38.5 Å². The molecule has 2 aromatic rings. The Morgan fingerprint density at radius 1 is 1.17 bits per heavy atom. The lowest BCUT2D eigenvalue weighted by molar-refractivity contribution is -0.117. The van der Waals surface area contributed by atoms with Crippen LogP contribution >= 0.6 is 0 Å². The maximum absolute atomic E-state index is 13.8. The van der Waals surface area contributed by atoms with Gasteiger partial charge in [-0.05, 0) is 42.5 Å². The highest BCUT2D eigenvalue weighted by atomic mass is 19.1. The summed E-state index contributed by atoms with van der Waals surface area (Å²) in [5.74, 6) is 0.572. The van der Waals surface area contributed by atoms with E-state index in [1.165, 1.54) is 6.07 Å². The predicted octanol–water partition coefficient (Wildman–Crippen LogP) is 3.89. The molecule has 0 spiro atoms. The van der Waals surface area contributed by atoms with Crippen molar-refractivity contribution in [2.75, 3.05) is 19.5 Å². The van der Waals surface area contributed by atoms with Crippen molar-refractivity contribution in [3.05, 3.63) is 53.3 Å². The summed E-state index contributed by atoms with van der Waals surface area (Å²) in [7, 11) is 3.12. The van der Waals surface area contributed by atoms with E-state index in [-0.39, 0.29) is 23.6 Å². The number of anilines is 1. The van der Waals surface area contributed by atoms with Gasteiger partial charge in [0.1, 0.15) is 5.82 Å². The third-order valence-corrected chi connectivity index (χ3v) is 4.42. The van der Waals surface area contributed by atoms with Gasteiger partial charge in [-0.25, -0.2) is 4.39 Å². The average Bonchev–Trinajstić information content (AvgIpc) is 3.37. The van der Waals surface area contributed by atoms with E-state index in [1.807, 2.05) is 13.0 Å². The molecule has 3 rings (SSSR count). The zero-order valence-electron chi connectivity index (χ0n) is 13.9. The van der Waals surface area contributed by atoms with Gasteiger partial charge >= 0.3 is 0 Å². The molecular weight excluding hydrogens is 309 g/mol. The fourth-order valence-corrected chi connectivity index (χ4v) is 2.95. The van der Waals surface area contributed by atoms with Gasteiger partial charge in [0.15, 0.2) is 11.5 Å². The topological polar surface area (TPSA) is 47.6 Å². The number of hydrogen-bond donors (Lipinski definition) is 1. The maximum atomic E-state index is 13.8. The highest BCUT2D eigenvalue weighted by Gasteiger charge is 2.45. The standard InChI is InChI=1S/C19H20FNO3/c1-11-8-17(23-2)18(24-3)10-16(11)21-19(22)14-9-13(14)12-6-4-5-7-15(12)20/h4-8,10,13-14H,9H2,1-3H3,(H,21,22). The van der Waals surface area contributed by atoms with Crippen molar-refractivity contribution in [3.63, 3.8) is 0 Å². The third-order valence-electron chi connectivity index (χ3n) is 4.42. The van der Waals surface area contributed by atoms with Gasteiger partial charge in [0.2, 0.25) is 5.91 Å². The highest BCUT2D eigenvalue weighted by molar-refractivity contribution is 5.96. The number of amides is 1. The normalized spacial score (nSPS) is 18.8. The first-order chi connectivity index (χ1) is 11.5. The number of rotatable bonds is 5. The first-order valence-corrected chi connectivity index (χ1v) is 7.83. The van der Waals surface area contributed by atoms with Crippen molar-refractivity contribution < 1.29 is 18.7 Å². The van der Waals surface area contributed by atoms with Crippen LogP contribution in [0.5, 0.6) is 11.5 Å². The molecular formula is C19H20FNO3. The second-order valence-corrected chi connectivity index (χ2v) is 5.98. The van der Waals surface area contributed by atoms with Gasteiger partial charge in [-0.1, -0.05) is 18.2 Å². The molecule has 1 fully saturated rings. The number of benzene rings is 2. The maximum Gasteiger partial charge on any atom is 0.228 e. The largest absolute Gasteiger partial charge is 0.493 e. The molecule has 24 heavy (non-hydrogen) atoms. The molecule has 0 bridgehead atoms. The third kappa shape index (κ3) is 3.07. The van der Waals surface area contributed by atoms with E-state index in [9.17, 15) is 9.18 Å². The number of halogens is 1. The second kappa shape index (κ2) is 6.51. The van der Waals surface area contributed by atoms with E-state index >= 15 is 0 Å². The summed E-state index contributed by atoms with van der Waals surface area (Å²) in [5, 5.41) is 2.92. The molecule has 0 saturated heterocycles. The highest BCUT2D eigenvalue weighted by Crippen LogP contribution is 2.49. The molecule has 1 aliphatic carbocycles. The van der Waals surface area contributed by atoms with Crippen molar-refractivity contribution >= 4 is 11.6 Å². The number of ether oxygens (including phenoxy) is 2. The summed E-state index contributed by atoms with van der Waals surface area (Å²) >= 11 is 0. The van der Waals surface area contributed by atoms with Crippen molar-refractivity contribution in [3.8, 4) is 11.5 Å². The summed E-state index contributed by atoms with van der Waals surface area (Å²) in [6.07, 6.45) is 0.666. The van der Waals surface area contributed by atoms with Gasteiger partial charge in [0.05, 0.1) is 14.2 Å². The van der Waals surface area contributed by atoms with Crippen molar-refractivity contribution in [1.29, 1.82) is 0 Å². The zero-order chi connectivity index (χ0) is 17.3. The lowest BCUT2D eigenvalue weighted by Crippen LogP contribution is -2.15. The van der Waals surface area contributed by atoms with Crippen molar-refractivity contribution in [2.45, 2.75) is 19.3 Å². The van der Waals surface area contributed by atoms with Crippen LogP contribution in [0.15, 0.2) is 36.4 Å². The molecule has 1 amide bonds. The van der Waals surface area contributed by atoms with Crippen molar-refractivity contribution in [2.24, 2.45) is 5.92 Å². The minimum atomic E-state index is -0.250. The van der Waals surface area contributed by atoms with Gasteiger partial charge in [-0.15, -0.1) is 0 Å². The Hall–Kier alpha value is -2.56. The fourth-order valence-electron chi connectivity index (χ4n) is 2.95. The number of methoxy groups -OCH3 is 2. The Morgan fingerprint density at radius 2 is 1.83 bits per heavy atom. The Bertz CT molecular complexity index is 775. The Balaban J connectivity index is 1.74. The minimum Gasteiger partial charge on any atom is -0.493 e.